The second-order valence-electron chi connectivity index (χ2n) is 5.97. The summed E-state index contributed by atoms with van der Waals surface area (Å²) in [7, 11) is 1.52. The van der Waals surface area contributed by atoms with Gasteiger partial charge in [0.2, 0.25) is 5.91 Å². The van der Waals surface area contributed by atoms with E-state index < -0.39 is 17.6 Å². The van der Waals surface area contributed by atoms with Crippen LogP contribution in [0.25, 0.3) is 0 Å². The molecule has 3 atom stereocenters. The van der Waals surface area contributed by atoms with Gasteiger partial charge in [-0.3, -0.25) is 4.79 Å². The van der Waals surface area contributed by atoms with Gasteiger partial charge in [-0.15, -0.1) is 0 Å². The van der Waals surface area contributed by atoms with E-state index in [1.165, 1.54) is 7.11 Å². The van der Waals surface area contributed by atoms with Gasteiger partial charge in [-0.2, -0.15) is 0 Å². The molecule has 6 heteroatoms. The van der Waals surface area contributed by atoms with Gasteiger partial charge in [0.1, 0.15) is 11.9 Å². The molecule has 0 bridgehead atoms. The van der Waals surface area contributed by atoms with Crippen LogP contribution in [0.1, 0.15) is 40.5 Å². The molecule has 6 nitrogen and oxygen atoms in total. The smallest absolute Gasteiger partial charge is 0.417 e. The topological polar surface area (TPSA) is 72.9 Å². The second-order valence-corrected chi connectivity index (χ2v) is 5.97. The summed E-state index contributed by atoms with van der Waals surface area (Å²) < 4.78 is 10.4. The van der Waals surface area contributed by atoms with E-state index in [0.29, 0.717) is 12.8 Å². The number of rotatable bonds is 5. The highest BCUT2D eigenvalue weighted by atomic mass is 16.6. The Balaban J connectivity index is 2.81. The summed E-state index contributed by atoms with van der Waals surface area (Å²) in [5.41, 5.74) is -0.662. The van der Waals surface area contributed by atoms with Crippen LogP contribution in [0, 0.1) is 5.92 Å². The van der Waals surface area contributed by atoms with Crippen molar-refractivity contribution in [1.29, 1.82) is 0 Å². The molecule has 0 aromatic heterocycles. The molecule has 0 spiro atoms. The van der Waals surface area contributed by atoms with Gasteiger partial charge < -0.3 is 14.3 Å². The SMILES string of the molecule is CO[C@H](C)[C@H]1C(=O)N(C(=O)OC(C)(C)C)[C@@H]1CCC=O. The normalized spacial score (nSPS) is 24.1. The average molecular weight is 285 g/mol. The van der Waals surface area contributed by atoms with Crippen LogP contribution in [-0.2, 0) is 19.1 Å². The number of hydrogen-bond acceptors (Lipinski definition) is 5. The van der Waals surface area contributed by atoms with Crippen molar-refractivity contribution in [2.75, 3.05) is 7.11 Å². The number of imide groups is 1. The summed E-state index contributed by atoms with van der Waals surface area (Å²) in [5, 5.41) is 0. The summed E-state index contributed by atoms with van der Waals surface area (Å²) >= 11 is 0. The fraction of sp³-hybridized carbons (Fsp3) is 0.786. The lowest BCUT2D eigenvalue weighted by Gasteiger charge is -2.47. The molecule has 1 heterocycles. The maximum atomic E-state index is 12.1. The van der Waals surface area contributed by atoms with E-state index in [-0.39, 0.29) is 18.1 Å². The van der Waals surface area contributed by atoms with Crippen LogP contribution < -0.4 is 0 Å². The Bertz CT molecular complexity index is 388. The molecule has 0 aromatic carbocycles. The molecule has 0 aromatic rings. The largest absolute Gasteiger partial charge is 0.443 e. The Morgan fingerprint density at radius 1 is 1.45 bits per heavy atom. The van der Waals surface area contributed by atoms with E-state index in [1.807, 2.05) is 0 Å². The van der Waals surface area contributed by atoms with Crippen LogP contribution in [0.3, 0.4) is 0 Å². The van der Waals surface area contributed by atoms with E-state index >= 15 is 0 Å². The van der Waals surface area contributed by atoms with Gasteiger partial charge in [-0.05, 0) is 34.1 Å². The van der Waals surface area contributed by atoms with Crippen LogP contribution in [0.4, 0.5) is 4.79 Å². The van der Waals surface area contributed by atoms with Crippen molar-refractivity contribution < 1.29 is 23.9 Å². The van der Waals surface area contributed by atoms with Crippen molar-refractivity contribution in [2.24, 2.45) is 5.92 Å². The highest BCUT2D eigenvalue weighted by molar-refractivity contribution is 5.99. The molecule has 1 fully saturated rings. The number of ether oxygens (including phenoxy) is 2. The standard InChI is InChI=1S/C14H23NO5/c1-9(19-5)11-10(7-6-8-16)15(12(11)17)13(18)20-14(2,3)4/h8-11H,6-7H2,1-5H3/t9-,10-,11-/m1/s1. The predicted octanol–water partition coefficient (Wildman–Crippen LogP) is 1.76. The van der Waals surface area contributed by atoms with Crippen molar-refractivity contribution >= 4 is 18.3 Å². The summed E-state index contributed by atoms with van der Waals surface area (Å²) in [6.45, 7) is 7.00. The number of hydrogen-bond donors (Lipinski definition) is 0. The molecule has 114 valence electrons. The van der Waals surface area contributed by atoms with E-state index in [2.05, 4.69) is 0 Å². The molecule has 0 aliphatic carbocycles. The molecule has 2 amide bonds. The second kappa shape index (κ2) is 6.35. The third-order valence-electron chi connectivity index (χ3n) is 3.32. The van der Waals surface area contributed by atoms with Crippen molar-refractivity contribution in [3.8, 4) is 0 Å². The van der Waals surface area contributed by atoms with Crippen LogP contribution in [-0.4, -0.2) is 48.0 Å². The van der Waals surface area contributed by atoms with Crippen LogP contribution >= 0.6 is 0 Å². The average Bonchev–Trinajstić information content (AvgIpc) is 2.31. The lowest BCUT2D eigenvalue weighted by Crippen LogP contribution is -2.66. The monoisotopic (exact) mass is 285 g/mol. The summed E-state index contributed by atoms with van der Waals surface area (Å²) in [5.74, 6) is -0.697. The number of aldehydes is 1. The molecular formula is C14H23NO5. The first-order chi connectivity index (χ1) is 9.22. The molecule has 0 unspecified atom stereocenters. The molecule has 0 radical (unpaired) electrons. The predicted molar refractivity (Wildman–Crippen MR) is 72.1 cm³/mol. The summed E-state index contributed by atoms with van der Waals surface area (Å²) in [4.78, 5) is 35.8. The molecule has 20 heavy (non-hydrogen) atoms. The first-order valence-electron chi connectivity index (χ1n) is 6.75. The first-order valence-corrected chi connectivity index (χ1v) is 6.75. The van der Waals surface area contributed by atoms with Gasteiger partial charge in [0.25, 0.3) is 0 Å². The lowest BCUT2D eigenvalue weighted by molar-refractivity contribution is -0.163. The zero-order valence-corrected chi connectivity index (χ0v) is 12.7. The minimum absolute atomic E-state index is 0.294. The minimum atomic E-state index is -0.662. The third-order valence-corrected chi connectivity index (χ3v) is 3.32. The number of nitrogens with zero attached hydrogens (tertiary/aromatic N) is 1. The van der Waals surface area contributed by atoms with Gasteiger partial charge in [-0.1, -0.05) is 0 Å². The Labute approximate surface area is 119 Å². The molecular weight excluding hydrogens is 262 g/mol. The van der Waals surface area contributed by atoms with Crippen molar-refractivity contribution in [1.82, 2.24) is 4.90 Å². The van der Waals surface area contributed by atoms with Gasteiger partial charge >= 0.3 is 6.09 Å². The van der Waals surface area contributed by atoms with Gasteiger partial charge in [0.15, 0.2) is 0 Å². The highest BCUT2D eigenvalue weighted by Crippen LogP contribution is 2.34. The molecule has 1 saturated heterocycles. The van der Waals surface area contributed by atoms with Gasteiger partial charge in [-0.25, -0.2) is 9.69 Å². The van der Waals surface area contributed by atoms with Gasteiger partial charge in [0, 0.05) is 13.5 Å². The van der Waals surface area contributed by atoms with Crippen LogP contribution in [0.5, 0.6) is 0 Å². The van der Waals surface area contributed by atoms with Crippen molar-refractivity contribution in [2.45, 2.75) is 58.3 Å². The van der Waals surface area contributed by atoms with Crippen molar-refractivity contribution in [3.63, 3.8) is 0 Å². The Morgan fingerprint density at radius 2 is 2.05 bits per heavy atom. The highest BCUT2D eigenvalue weighted by Gasteiger charge is 2.53. The Morgan fingerprint density at radius 3 is 2.50 bits per heavy atom. The Kier molecular flexibility index (Phi) is 5.28. The van der Waals surface area contributed by atoms with E-state index in [1.54, 1.807) is 27.7 Å². The van der Waals surface area contributed by atoms with Gasteiger partial charge in [0.05, 0.1) is 18.1 Å². The van der Waals surface area contributed by atoms with E-state index in [0.717, 1.165) is 11.2 Å². The molecule has 1 aliphatic rings. The number of likely N-dealkylation sites (tertiary alicyclic amines) is 1. The lowest BCUT2D eigenvalue weighted by atomic mass is 9.81. The molecule has 1 rings (SSSR count). The van der Waals surface area contributed by atoms with E-state index in [4.69, 9.17) is 9.47 Å². The molecule has 1 aliphatic heterocycles. The first kappa shape index (κ1) is 16.6. The Hall–Kier alpha value is -1.43. The quantitative estimate of drug-likeness (QED) is 0.568. The molecule has 0 N–H and O–H groups in total. The fourth-order valence-electron chi connectivity index (χ4n) is 2.31. The minimum Gasteiger partial charge on any atom is -0.443 e. The zero-order chi connectivity index (χ0) is 15.5. The molecule has 0 saturated carbocycles. The summed E-state index contributed by atoms with van der Waals surface area (Å²) in [6.07, 6.45) is 0.567. The maximum absolute atomic E-state index is 12.1. The zero-order valence-electron chi connectivity index (χ0n) is 12.7. The summed E-state index contributed by atoms with van der Waals surface area (Å²) in [6, 6.07) is -0.336. The van der Waals surface area contributed by atoms with E-state index in [9.17, 15) is 14.4 Å². The maximum Gasteiger partial charge on any atom is 0.417 e. The van der Waals surface area contributed by atoms with Crippen molar-refractivity contribution in [3.05, 3.63) is 0 Å². The number of methoxy groups -OCH3 is 1. The number of β-lactam (4-membered cyclic amide) rings is 1. The fourth-order valence-corrected chi connectivity index (χ4v) is 2.31. The van der Waals surface area contributed by atoms with Crippen LogP contribution in [0.15, 0.2) is 0 Å². The third kappa shape index (κ3) is 3.56. The number of amides is 2. The number of carbonyl (C=O) groups excluding carboxylic acids is 3. The number of carbonyl (C=O) groups is 3. The van der Waals surface area contributed by atoms with Crippen LogP contribution in [0.2, 0.25) is 0 Å².